The molecule has 0 atom stereocenters. The van der Waals surface area contributed by atoms with Gasteiger partial charge in [-0.25, -0.2) is 0 Å². The molecule has 0 aliphatic rings. The van der Waals surface area contributed by atoms with Gasteiger partial charge < -0.3 is 0 Å². The van der Waals surface area contributed by atoms with Crippen LogP contribution in [0.25, 0.3) is 0 Å². The van der Waals surface area contributed by atoms with Gasteiger partial charge in [-0.3, -0.25) is 0 Å². The predicted octanol–water partition coefficient (Wildman–Crippen LogP) is -1.68. The SMILES string of the molecule is [Cd].[SeH][Mg][TeH]. The van der Waals surface area contributed by atoms with Gasteiger partial charge in [0.2, 0.25) is 0 Å². The number of hydrogen-bond acceptors (Lipinski definition) is 0. The summed E-state index contributed by atoms with van der Waals surface area (Å²) in [7, 11) is 0. The topological polar surface area (TPSA) is 0 Å². The quantitative estimate of drug-likeness (QED) is 0.460. The summed E-state index contributed by atoms with van der Waals surface area (Å²) < 4.78 is 0. The zero-order valence-corrected chi connectivity index (χ0v) is 12.2. The Morgan fingerprint density at radius 1 is 1.75 bits per heavy atom. The van der Waals surface area contributed by atoms with Crippen molar-refractivity contribution in [1.29, 1.82) is 0 Å². The van der Waals surface area contributed by atoms with Gasteiger partial charge in [-0.15, -0.1) is 0 Å². The number of rotatable bonds is 0. The van der Waals surface area contributed by atoms with E-state index in [-0.39, 0.29) is 27.3 Å². The second-order valence-corrected chi connectivity index (χ2v) is 14.8. The fourth-order valence-electron chi connectivity index (χ4n) is 0. The molecule has 4 heteroatoms. The van der Waals surface area contributed by atoms with Gasteiger partial charge in [0.1, 0.15) is 0 Å². The zero-order valence-electron chi connectivity index (χ0n) is 2.31. The molecule has 0 saturated heterocycles. The second-order valence-electron chi connectivity index (χ2n) is 0.141. The van der Waals surface area contributed by atoms with Gasteiger partial charge in [0.25, 0.3) is 0 Å². The van der Waals surface area contributed by atoms with E-state index < -0.39 is 0 Å². The molecule has 0 bridgehead atoms. The molecule has 0 nitrogen and oxygen atoms in total. The van der Waals surface area contributed by atoms with Crippen LogP contribution in [0, 0.1) is 0 Å². The van der Waals surface area contributed by atoms with Crippen molar-refractivity contribution >= 4 is 45.9 Å². The van der Waals surface area contributed by atoms with Gasteiger partial charge in [-0.2, -0.15) is 0 Å². The zero-order chi connectivity index (χ0) is 2.71. The monoisotopic (exact) mass is 350 g/mol. The van der Waals surface area contributed by atoms with Crippen LogP contribution < -0.4 is 0 Å². The van der Waals surface area contributed by atoms with E-state index in [0.717, 1.165) is 0 Å². The van der Waals surface area contributed by atoms with Crippen molar-refractivity contribution in [3.63, 3.8) is 0 Å². The molecule has 0 aromatic rings. The van der Waals surface area contributed by atoms with E-state index >= 15 is 0 Å². The summed E-state index contributed by atoms with van der Waals surface area (Å²) in [5.41, 5.74) is 0. The fourth-order valence-corrected chi connectivity index (χ4v) is 0. The molecule has 0 radical (unpaired) electrons. The molecular weight excluding hydrogens is 343 g/mol. The van der Waals surface area contributed by atoms with Crippen LogP contribution in [0.1, 0.15) is 0 Å². The summed E-state index contributed by atoms with van der Waals surface area (Å²) in [5.74, 6) is 0. The van der Waals surface area contributed by atoms with Crippen LogP contribution >= 0.6 is 0 Å². The summed E-state index contributed by atoms with van der Waals surface area (Å²) in [6.45, 7) is 0. The number of hydrogen-bond donors (Lipinski definition) is 0. The van der Waals surface area contributed by atoms with Crippen molar-refractivity contribution in [3.8, 4) is 0 Å². The molecule has 0 spiro atoms. The van der Waals surface area contributed by atoms with Crippen LogP contribution in [0.3, 0.4) is 0 Å². The van der Waals surface area contributed by atoms with E-state index in [1.54, 1.807) is 0 Å². The van der Waals surface area contributed by atoms with Gasteiger partial charge in [0.05, 0.1) is 0 Å². The molecular formula is H2CdMgSeTe. The molecule has 0 saturated carbocycles. The van der Waals surface area contributed by atoms with Crippen LogP contribution in [0.4, 0.5) is 0 Å². The Kier molecular flexibility index (Phi) is 23.6. The molecule has 0 unspecified atom stereocenters. The molecule has 0 fully saturated rings. The van der Waals surface area contributed by atoms with Crippen LogP contribution in [-0.2, 0) is 27.3 Å². The third-order valence-electron chi connectivity index (χ3n) is 0. The van der Waals surface area contributed by atoms with Crippen molar-refractivity contribution in [1.82, 2.24) is 0 Å². The maximum absolute atomic E-state index is 2.63. The molecule has 0 rings (SSSR count). The molecule has 0 N–H and O–H groups in total. The standard InChI is InChI=1S/Cd.Mg.H2Se.H2Te/h;;2*1H2/q;+2;;/p-2. The first-order chi connectivity index (χ1) is 1.41. The average molecular weight is 345 g/mol. The van der Waals surface area contributed by atoms with Crippen LogP contribution in [0.15, 0.2) is 0 Å². The summed E-state index contributed by atoms with van der Waals surface area (Å²) in [6, 6.07) is 0. The van der Waals surface area contributed by atoms with Crippen molar-refractivity contribution in [2.24, 2.45) is 0 Å². The Morgan fingerprint density at radius 2 is 1.75 bits per heavy atom. The van der Waals surface area contributed by atoms with E-state index in [1.165, 1.54) is 0 Å². The second kappa shape index (κ2) is 9.37. The Morgan fingerprint density at radius 3 is 1.75 bits per heavy atom. The molecule has 0 amide bonds. The van der Waals surface area contributed by atoms with E-state index in [1.807, 2.05) is 18.6 Å². The summed E-state index contributed by atoms with van der Waals surface area (Å²) in [5, 5.41) is 0. The van der Waals surface area contributed by atoms with E-state index in [4.69, 9.17) is 0 Å². The normalized spacial score (nSPS) is 2.50. The first-order valence-corrected chi connectivity index (χ1v) is 11.3. The fraction of sp³-hybridized carbons (Fsp3) is 0. The minimum absolute atomic E-state index is 0. The van der Waals surface area contributed by atoms with E-state index in [2.05, 4.69) is 13.0 Å². The molecule has 0 aliphatic heterocycles. The molecule has 0 aromatic carbocycles. The first-order valence-electron chi connectivity index (χ1n) is 0.632. The Hall–Kier alpha value is 3.00. The summed E-state index contributed by atoms with van der Waals surface area (Å²) in [6.07, 6.45) is 0. The molecule has 0 heterocycles. The van der Waals surface area contributed by atoms with Crippen molar-refractivity contribution in [2.45, 2.75) is 0 Å². The van der Waals surface area contributed by atoms with Gasteiger partial charge in [0, 0.05) is 27.3 Å². The van der Waals surface area contributed by atoms with Gasteiger partial charge in [0.15, 0.2) is 0 Å². The van der Waals surface area contributed by atoms with Crippen LogP contribution in [0.2, 0.25) is 0 Å². The van der Waals surface area contributed by atoms with E-state index in [9.17, 15) is 0 Å². The Balaban J connectivity index is 0. The Bertz CT molecular complexity index is 8.00. The molecule has 18 valence electrons. The van der Waals surface area contributed by atoms with Gasteiger partial charge in [-0.05, 0) is 0 Å². The third kappa shape index (κ3) is 8.89. The minimum atomic E-state index is 0. The Labute approximate surface area is 71.5 Å². The molecule has 0 aliphatic carbocycles. The van der Waals surface area contributed by atoms with Crippen molar-refractivity contribution < 1.29 is 27.3 Å². The predicted molar refractivity (Wildman–Crippen MR) is 20.1 cm³/mol. The van der Waals surface area contributed by atoms with Crippen molar-refractivity contribution in [3.05, 3.63) is 0 Å². The molecule has 4 heavy (non-hydrogen) atoms. The maximum atomic E-state index is 2.63. The third-order valence-corrected chi connectivity index (χ3v) is 0. The van der Waals surface area contributed by atoms with Gasteiger partial charge >= 0.3 is 45.9 Å². The first kappa shape index (κ1) is 10.1. The summed E-state index contributed by atoms with van der Waals surface area (Å²) >= 11 is 4.99. The summed E-state index contributed by atoms with van der Waals surface area (Å²) in [4.78, 5) is 0. The van der Waals surface area contributed by atoms with E-state index in [0.29, 0.717) is 14.4 Å². The van der Waals surface area contributed by atoms with Crippen LogP contribution in [0.5, 0.6) is 0 Å². The van der Waals surface area contributed by atoms with Gasteiger partial charge in [-0.1, -0.05) is 0 Å². The average Bonchev–Trinajstić information content (AvgIpc) is 0.918. The van der Waals surface area contributed by atoms with Crippen LogP contribution in [-0.4, -0.2) is 45.9 Å². The molecule has 0 aromatic heterocycles. The van der Waals surface area contributed by atoms with Crippen molar-refractivity contribution in [2.75, 3.05) is 0 Å².